The summed E-state index contributed by atoms with van der Waals surface area (Å²) in [6, 6.07) is 77.6. The Morgan fingerprint density at radius 2 is 0.419 bits per heavy atom. The van der Waals surface area contributed by atoms with Gasteiger partial charge in [0, 0.05) is 34.6 Å². The number of pyridine rings is 6. The van der Waals surface area contributed by atoms with Crippen LogP contribution in [0.4, 0.5) is 0 Å². The van der Waals surface area contributed by atoms with Crippen LogP contribution < -0.4 is 0 Å². The molecule has 0 saturated carbocycles. The van der Waals surface area contributed by atoms with Crippen LogP contribution in [0.15, 0.2) is 273 Å². The van der Waals surface area contributed by atoms with E-state index in [0.717, 1.165) is 44.8 Å². The van der Waals surface area contributed by atoms with Gasteiger partial charge in [-0.2, -0.15) is 0 Å². The van der Waals surface area contributed by atoms with Crippen LogP contribution in [0.2, 0.25) is 0 Å². The second kappa shape index (κ2) is 23.6. The highest BCUT2D eigenvalue weighted by Gasteiger charge is 2.19. The predicted octanol–water partition coefficient (Wildman–Crippen LogP) is 14.9. The molecular weight excluding hydrogens is 1080 g/mol. The van der Waals surface area contributed by atoms with Crippen molar-refractivity contribution >= 4 is 0 Å². The number of hydrogen-bond acceptors (Lipinski definition) is 18. The third-order valence-corrected chi connectivity index (χ3v) is 13.5. The molecule has 15 aromatic rings. The fourth-order valence-electron chi connectivity index (χ4n) is 9.24. The molecule has 15 rings (SSSR count). The zero-order chi connectivity index (χ0) is 57.4. The van der Waals surface area contributed by atoms with Gasteiger partial charge in [0.2, 0.25) is 23.6 Å². The van der Waals surface area contributed by atoms with E-state index in [4.69, 9.17) is 27.6 Å². The van der Waals surface area contributed by atoms with Crippen molar-refractivity contribution in [2.45, 2.75) is 0 Å². The molecule has 408 valence electrons. The van der Waals surface area contributed by atoms with E-state index in [9.17, 15) is 0 Å². The predicted molar refractivity (Wildman–Crippen MR) is 322 cm³/mol. The molecule has 0 aliphatic heterocycles. The zero-order valence-corrected chi connectivity index (χ0v) is 45.1. The molecule has 18 heteroatoms. The van der Waals surface area contributed by atoms with E-state index in [1.807, 2.05) is 218 Å². The maximum atomic E-state index is 6.02. The summed E-state index contributed by atoms with van der Waals surface area (Å²) in [7, 11) is 0. The molecule has 0 unspecified atom stereocenters. The Balaban J connectivity index is 0.000000153. The Morgan fingerprint density at radius 1 is 0.174 bits per heavy atom. The molecule has 18 nitrogen and oxygen atoms in total. The summed E-state index contributed by atoms with van der Waals surface area (Å²) >= 11 is 0. The average Bonchev–Trinajstić information content (AvgIpc) is 4.37. The molecule has 0 amide bonds. The van der Waals surface area contributed by atoms with Gasteiger partial charge in [-0.15, -0.1) is 40.8 Å². The van der Waals surface area contributed by atoms with Crippen LogP contribution in [0.5, 0.6) is 0 Å². The first-order chi connectivity index (χ1) is 42.6. The van der Waals surface area contributed by atoms with Crippen molar-refractivity contribution in [2.24, 2.45) is 0 Å². The molecule has 0 saturated heterocycles. The minimum atomic E-state index is 0.303. The summed E-state index contributed by atoms with van der Waals surface area (Å²) in [5.74, 6) is 2.76. The van der Waals surface area contributed by atoms with E-state index in [1.165, 1.54) is 0 Å². The fourth-order valence-corrected chi connectivity index (χ4v) is 9.24. The van der Waals surface area contributed by atoms with Gasteiger partial charge in [0.1, 0.15) is 22.8 Å². The Hall–Kier alpha value is -12.4. The summed E-state index contributed by atoms with van der Waals surface area (Å²) in [4.78, 5) is 27.5. The summed E-state index contributed by atoms with van der Waals surface area (Å²) in [5.41, 5.74) is 14.0. The molecular formula is C68H42N14O4. The van der Waals surface area contributed by atoms with Crippen molar-refractivity contribution in [3.05, 3.63) is 255 Å². The molecule has 86 heavy (non-hydrogen) atoms. The first-order valence-electron chi connectivity index (χ1n) is 27.1. The third kappa shape index (κ3) is 11.3. The van der Waals surface area contributed by atoms with E-state index >= 15 is 0 Å². The first kappa shape index (κ1) is 51.7. The van der Waals surface area contributed by atoms with Crippen molar-refractivity contribution in [3.8, 4) is 149 Å². The van der Waals surface area contributed by atoms with Gasteiger partial charge in [-0.05, 0) is 138 Å². The molecule has 0 N–H and O–H groups in total. The lowest BCUT2D eigenvalue weighted by Crippen LogP contribution is -1.92. The highest BCUT2D eigenvalue weighted by Crippen LogP contribution is 2.33. The molecule has 0 spiro atoms. The van der Waals surface area contributed by atoms with Crippen LogP contribution in [-0.4, -0.2) is 70.7 Å². The van der Waals surface area contributed by atoms with Crippen LogP contribution in [0.3, 0.4) is 0 Å². The van der Waals surface area contributed by atoms with Gasteiger partial charge in [-0.1, -0.05) is 127 Å². The molecule has 0 fully saturated rings. The van der Waals surface area contributed by atoms with E-state index in [-0.39, 0.29) is 0 Å². The van der Waals surface area contributed by atoms with Crippen LogP contribution in [0.1, 0.15) is 0 Å². The molecule has 10 heterocycles. The Kier molecular flexibility index (Phi) is 14.2. The third-order valence-electron chi connectivity index (χ3n) is 13.5. The number of nitrogens with zero attached hydrogens (tertiary/aromatic N) is 14. The standard InChI is InChI=1S/C38H24N6O2.C30H18N8O2/c1-3-9-25(10-4-1)27-17-21-29(22-18-27)35-41-43-37(45-35)33-15-7-13-31(39-33)32-14-8-16-34(40-32)38-44-42-36(46-38)30-23-19-28(20-24-30)26-11-5-2-6-12-26;1-3-16-31-21(10-1)23-12-6-14-25(33-23)29-37-35-27(39-29)19-8-5-9-20(18-19)28-36-38-30(40-28)26-15-7-13-24(34-26)22-11-2-4-17-32-22/h1-24H;1-18H. The Morgan fingerprint density at radius 3 is 0.756 bits per heavy atom. The summed E-state index contributed by atoms with van der Waals surface area (Å²) < 4.78 is 24.0. The molecule has 0 atom stereocenters. The van der Waals surface area contributed by atoms with Gasteiger partial charge in [-0.3, -0.25) is 9.97 Å². The summed E-state index contributed by atoms with van der Waals surface area (Å²) in [5, 5.41) is 34.0. The highest BCUT2D eigenvalue weighted by atomic mass is 16.4. The van der Waals surface area contributed by atoms with Crippen molar-refractivity contribution in [2.75, 3.05) is 0 Å². The number of rotatable bonds is 13. The lowest BCUT2D eigenvalue weighted by Gasteiger charge is -2.03. The number of hydrogen-bond donors (Lipinski definition) is 0. The largest absolute Gasteiger partial charge is 0.415 e. The number of aromatic nitrogens is 14. The maximum absolute atomic E-state index is 6.02. The summed E-state index contributed by atoms with van der Waals surface area (Å²) in [6.07, 6.45) is 3.45. The van der Waals surface area contributed by atoms with Gasteiger partial charge < -0.3 is 17.7 Å². The van der Waals surface area contributed by atoms with Gasteiger partial charge in [-0.25, -0.2) is 19.9 Å². The fraction of sp³-hybridized carbons (Fsp3) is 0. The molecule has 5 aromatic carbocycles. The zero-order valence-electron chi connectivity index (χ0n) is 45.1. The lowest BCUT2D eigenvalue weighted by atomic mass is 10.0. The molecule has 10 aromatic heterocycles. The minimum absolute atomic E-state index is 0.303. The van der Waals surface area contributed by atoms with E-state index in [1.54, 1.807) is 12.4 Å². The maximum Gasteiger partial charge on any atom is 0.266 e. The molecule has 0 aliphatic rings. The average molecular weight is 1120 g/mol. The van der Waals surface area contributed by atoms with Gasteiger partial charge in [0.15, 0.2) is 0 Å². The van der Waals surface area contributed by atoms with Gasteiger partial charge in [0.25, 0.3) is 23.6 Å². The van der Waals surface area contributed by atoms with E-state index in [0.29, 0.717) is 104 Å². The van der Waals surface area contributed by atoms with Crippen molar-refractivity contribution < 1.29 is 17.7 Å². The van der Waals surface area contributed by atoms with Crippen LogP contribution in [-0.2, 0) is 0 Å². The monoisotopic (exact) mass is 1120 g/mol. The van der Waals surface area contributed by atoms with Crippen LogP contribution >= 0.6 is 0 Å². The molecule has 0 radical (unpaired) electrons. The second-order valence-corrected chi connectivity index (χ2v) is 19.2. The normalized spacial score (nSPS) is 11.0. The van der Waals surface area contributed by atoms with Crippen molar-refractivity contribution in [3.63, 3.8) is 0 Å². The second-order valence-electron chi connectivity index (χ2n) is 19.2. The van der Waals surface area contributed by atoms with Crippen LogP contribution in [0, 0.1) is 0 Å². The number of benzene rings is 5. The lowest BCUT2D eigenvalue weighted by molar-refractivity contribution is 0.580. The van der Waals surface area contributed by atoms with Gasteiger partial charge in [0.05, 0.1) is 34.2 Å². The molecule has 0 aliphatic carbocycles. The Labute approximate surface area is 489 Å². The van der Waals surface area contributed by atoms with Gasteiger partial charge >= 0.3 is 0 Å². The van der Waals surface area contributed by atoms with Crippen molar-refractivity contribution in [1.29, 1.82) is 0 Å². The SMILES string of the molecule is c1ccc(-c2ccc(-c3nnc(-c4cccc(-c5cccc(-c6nnc(-c7ccc(-c8ccccc8)cc7)o6)n5)n4)o3)cc2)cc1.c1ccc(-c2cccc(-c3nnc(-c4cccc(-c5nnc(-c6cccc(-c7ccccn7)n6)o5)c4)o3)n2)nc1. The Bertz CT molecular complexity index is 4470. The topological polar surface area (TPSA) is 233 Å². The van der Waals surface area contributed by atoms with E-state index < -0.39 is 0 Å². The first-order valence-corrected chi connectivity index (χ1v) is 27.1. The van der Waals surface area contributed by atoms with E-state index in [2.05, 4.69) is 85.0 Å². The quantitative estimate of drug-likeness (QED) is 0.104. The highest BCUT2D eigenvalue weighted by molar-refractivity contribution is 5.71. The smallest absolute Gasteiger partial charge is 0.266 e. The van der Waals surface area contributed by atoms with Crippen molar-refractivity contribution in [1.82, 2.24) is 70.7 Å². The minimum Gasteiger partial charge on any atom is -0.415 e. The molecule has 0 bridgehead atoms. The van der Waals surface area contributed by atoms with Crippen LogP contribution in [0.25, 0.3) is 149 Å². The summed E-state index contributed by atoms with van der Waals surface area (Å²) in [6.45, 7) is 0.